The van der Waals surface area contributed by atoms with Crippen LogP contribution in [0, 0.1) is 13.8 Å². The summed E-state index contributed by atoms with van der Waals surface area (Å²) in [5, 5.41) is 4.64. The van der Waals surface area contributed by atoms with E-state index in [1.165, 1.54) is 0 Å². The summed E-state index contributed by atoms with van der Waals surface area (Å²) in [6.07, 6.45) is 1.67. The van der Waals surface area contributed by atoms with Crippen molar-refractivity contribution in [3.63, 3.8) is 0 Å². The van der Waals surface area contributed by atoms with Gasteiger partial charge in [-0.05, 0) is 49.7 Å². The molecular formula is C25H24N4O4. The minimum atomic E-state index is -0.480. The Kier molecular flexibility index (Phi) is 6.26. The Balaban J connectivity index is 1.59. The van der Waals surface area contributed by atoms with Crippen molar-refractivity contribution in [1.82, 2.24) is 20.6 Å². The first-order valence-corrected chi connectivity index (χ1v) is 10.4. The van der Waals surface area contributed by atoms with Crippen molar-refractivity contribution in [3.8, 4) is 17.0 Å². The third-order valence-electron chi connectivity index (χ3n) is 5.13. The molecule has 2 aromatic carbocycles. The van der Waals surface area contributed by atoms with Crippen LogP contribution in [0.4, 0.5) is 0 Å². The van der Waals surface area contributed by atoms with Gasteiger partial charge in [-0.1, -0.05) is 30.3 Å². The van der Waals surface area contributed by atoms with Gasteiger partial charge in [-0.25, -0.2) is 0 Å². The normalized spacial score (nSPS) is 10.6. The van der Waals surface area contributed by atoms with Crippen LogP contribution >= 0.6 is 0 Å². The summed E-state index contributed by atoms with van der Waals surface area (Å²) >= 11 is 0. The number of hydrazine groups is 1. The van der Waals surface area contributed by atoms with Crippen molar-refractivity contribution in [2.75, 3.05) is 7.11 Å². The Morgan fingerprint density at radius 1 is 0.970 bits per heavy atom. The van der Waals surface area contributed by atoms with Crippen molar-refractivity contribution in [1.29, 1.82) is 0 Å². The van der Waals surface area contributed by atoms with E-state index >= 15 is 0 Å². The van der Waals surface area contributed by atoms with Crippen LogP contribution in [-0.4, -0.2) is 28.7 Å². The van der Waals surface area contributed by atoms with Crippen LogP contribution in [0.5, 0.6) is 5.75 Å². The van der Waals surface area contributed by atoms with Gasteiger partial charge in [0.05, 0.1) is 24.8 Å². The quantitative estimate of drug-likeness (QED) is 0.440. The standard InChI is InChI=1S/C25H24N4O4/c1-16-13-21(17(2)33-16)24(30)26-27-25(31)22-15-29(14-18-7-5-4-6-8-18)28-23(22)19-9-11-20(32-3)12-10-19/h4-13,15H,14H2,1-3H3,(H,26,30)(H,27,31). The molecule has 0 radical (unpaired) electrons. The average Bonchev–Trinajstić information content (AvgIpc) is 3.40. The lowest BCUT2D eigenvalue weighted by Gasteiger charge is -2.07. The second kappa shape index (κ2) is 9.44. The smallest absolute Gasteiger partial charge is 0.273 e. The Labute approximate surface area is 191 Å². The maximum absolute atomic E-state index is 13.0. The van der Waals surface area contributed by atoms with Gasteiger partial charge in [0.15, 0.2) is 0 Å². The number of ether oxygens (including phenoxy) is 1. The molecule has 33 heavy (non-hydrogen) atoms. The predicted molar refractivity (Wildman–Crippen MR) is 123 cm³/mol. The number of furan rings is 1. The molecule has 0 fully saturated rings. The van der Waals surface area contributed by atoms with Crippen molar-refractivity contribution >= 4 is 11.8 Å². The van der Waals surface area contributed by atoms with Crippen LogP contribution in [0.3, 0.4) is 0 Å². The van der Waals surface area contributed by atoms with Gasteiger partial charge in [-0.15, -0.1) is 0 Å². The minimum absolute atomic E-state index is 0.330. The molecule has 4 rings (SSSR count). The highest BCUT2D eigenvalue weighted by Gasteiger charge is 2.20. The number of hydrogen-bond donors (Lipinski definition) is 2. The van der Waals surface area contributed by atoms with E-state index < -0.39 is 11.8 Å². The van der Waals surface area contributed by atoms with Gasteiger partial charge in [0, 0.05) is 11.8 Å². The van der Waals surface area contributed by atoms with E-state index in [2.05, 4.69) is 16.0 Å². The molecule has 4 aromatic rings. The zero-order valence-electron chi connectivity index (χ0n) is 18.6. The summed E-state index contributed by atoms with van der Waals surface area (Å²) in [5.74, 6) is 0.861. The lowest BCUT2D eigenvalue weighted by Crippen LogP contribution is -2.41. The maximum Gasteiger partial charge on any atom is 0.273 e. The highest BCUT2D eigenvalue weighted by molar-refractivity contribution is 6.02. The molecule has 2 amide bonds. The number of carbonyl (C=O) groups excluding carboxylic acids is 2. The first-order valence-electron chi connectivity index (χ1n) is 10.4. The van der Waals surface area contributed by atoms with Gasteiger partial charge in [0.1, 0.15) is 23.0 Å². The third-order valence-corrected chi connectivity index (χ3v) is 5.13. The molecule has 0 aliphatic heterocycles. The fraction of sp³-hybridized carbons (Fsp3) is 0.160. The fourth-order valence-corrected chi connectivity index (χ4v) is 3.51. The van der Waals surface area contributed by atoms with Crippen molar-refractivity contribution in [3.05, 3.63) is 95.1 Å². The van der Waals surface area contributed by atoms with Gasteiger partial charge < -0.3 is 9.15 Å². The molecule has 0 spiro atoms. The van der Waals surface area contributed by atoms with E-state index in [9.17, 15) is 9.59 Å². The van der Waals surface area contributed by atoms with Gasteiger partial charge in [0.2, 0.25) is 0 Å². The van der Waals surface area contributed by atoms with Crippen LogP contribution in [-0.2, 0) is 6.54 Å². The van der Waals surface area contributed by atoms with E-state index in [1.54, 1.807) is 50.0 Å². The van der Waals surface area contributed by atoms with Gasteiger partial charge in [0.25, 0.3) is 11.8 Å². The molecule has 2 N–H and O–H groups in total. The Morgan fingerprint density at radius 2 is 1.64 bits per heavy atom. The molecule has 2 heterocycles. The number of nitrogens with one attached hydrogen (secondary N) is 2. The number of carbonyl (C=O) groups is 2. The monoisotopic (exact) mass is 444 g/mol. The first-order chi connectivity index (χ1) is 15.9. The van der Waals surface area contributed by atoms with Crippen LogP contribution < -0.4 is 15.6 Å². The molecule has 168 valence electrons. The third kappa shape index (κ3) is 4.95. The summed E-state index contributed by atoms with van der Waals surface area (Å²) in [7, 11) is 1.59. The van der Waals surface area contributed by atoms with Crippen LogP contribution in [0.1, 0.15) is 37.8 Å². The summed E-state index contributed by atoms with van der Waals surface area (Å²) in [6, 6.07) is 18.7. The van der Waals surface area contributed by atoms with Crippen molar-refractivity contribution in [2.45, 2.75) is 20.4 Å². The molecule has 0 aliphatic rings. The van der Waals surface area contributed by atoms with E-state index in [4.69, 9.17) is 9.15 Å². The fourth-order valence-electron chi connectivity index (χ4n) is 3.51. The SMILES string of the molecule is COc1ccc(-c2nn(Cc3ccccc3)cc2C(=O)NNC(=O)c2cc(C)oc2C)cc1. The second-order valence-electron chi connectivity index (χ2n) is 7.54. The zero-order valence-corrected chi connectivity index (χ0v) is 18.6. The molecular weight excluding hydrogens is 420 g/mol. The Hall–Kier alpha value is -4.33. The van der Waals surface area contributed by atoms with E-state index in [0.717, 1.165) is 11.1 Å². The number of hydrogen-bond acceptors (Lipinski definition) is 5. The van der Waals surface area contributed by atoms with Gasteiger partial charge in [-0.2, -0.15) is 5.10 Å². The summed E-state index contributed by atoms with van der Waals surface area (Å²) in [4.78, 5) is 25.5. The number of aromatic nitrogens is 2. The number of benzene rings is 2. The predicted octanol–water partition coefficient (Wildman–Crippen LogP) is 3.89. The van der Waals surface area contributed by atoms with Crippen LogP contribution in [0.15, 0.2) is 71.3 Å². The number of amides is 2. The van der Waals surface area contributed by atoms with Crippen molar-refractivity contribution < 1.29 is 18.7 Å². The maximum atomic E-state index is 13.0. The molecule has 0 unspecified atom stereocenters. The summed E-state index contributed by atoms with van der Waals surface area (Å²) < 4.78 is 12.3. The molecule has 8 heteroatoms. The van der Waals surface area contributed by atoms with Gasteiger partial charge in [-0.3, -0.25) is 25.1 Å². The second-order valence-corrected chi connectivity index (χ2v) is 7.54. The molecule has 0 atom stereocenters. The van der Waals surface area contributed by atoms with E-state index in [1.807, 2.05) is 42.5 Å². The largest absolute Gasteiger partial charge is 0.497 e. The van der Waals surface area contributed by atoms with Crippen LogP contribution in [0.2, 0.25) is 0 Å². The number of rotatable bonds is 6. The number of nitrogens with zero attached hydrogens (tertiary/aromatic N) is 2. The highest BCUT2D eigenvalue weighted by atomic mass is 16.5. The molecule has 0 saturated heterocycles. The summed E-state index contributed by atoms with van der Waals surface area (Å²) in [5.41, 5.74) is 7.93. The highest BCUT2D eigenvalue weighted by Crippen LogP contribution is 2.25. The average molecular weight is 444 g/mol. The Bertz CT molecular complexity index is 1270. The lowest BCUT2D eigenvalue weighted by atomic mass is 10.1. The Morgan fingerprint density at radius 3 is 2.24 bits per heavy atom. The van der Waals surface area contributed by atoms with Crippen LogP contribution in [0.25, 0.3) is 11.3 Å². The molecule has 0 saturated carbocycles. The molecule has 0 bridgehead atoms. The van der Waals surface area contributed by atoms with Crippen molar-refractivity contribution in [2.24, 2.45) is 0 Å². The zero-order chi connectivity index (χ0) is 23.4. The topological polar surface area (TPSA) is 98.4 Å². The number of aryl methyl sites for hydroxylation is 2. The molecule has 8 nitrogen and oxygen atoms in total. The molecule has 2 aromatic heterocycles. The van der Waals surface area contributed by atoms with Gasteiger partial charge >= 0.3 is 0 Å². The van der Waals surface area contributed by atoms with E-state index in [0.29, 0.717) is 40.6 Å². The first kappa shape index (κ1) is 21.9. The minimum Gasteiger partial charge on any atom is -0.497 e. The summed E-state index contributed by atoms with van der Waals surface area (Å²) in [6.45, 7) is 3.95. The van der Waals surface area contributed by atoms with E-state index in [-0.39, 0.29) is 0 Å². The lowest BCUT2D eigenvalue weighted by molar-refractivity contribution is 0.0846. The molecule has 0 aliphatic carbocycles. The number of methoxy groups -OCH3 is 1.